The molecule has 7 nitrogen and oxygen atoms in total. The molecule has 9 heteroatoms. The summed E-state index contributed by atoms with van der Waals surface area (Å²) >= 11 is 1.06. The highest BCUT2D eigenvalue weighted by molar-refractivity contribution is 7.94. The van der Waals surface area contributed by atoms with Crippen molar-refractivity contribution in [2.24, 2.45) is 0 Å². The van der Waals surface area contributed by atoms with E-state index in [1.807, 2.05) is 12.1 Å². The Morgan fingerprint density at radius 2 is 2.26 bits per heavy atom. The highest BCUT2D eigenvalue weighted by Gasteiger charge is 2.20. The molecule has 0 fully saturated rings. The standard InChI is InChI=1S/C10H7N5O2S2/c11-4-3-8-7(6-12)10(14-13-8)15-19(16,17)9-2-1-5-18-9/h1-2,5H,3H2,(H2,13,14,15). The van der Waals surface area contributed by atoms with Crippen LogP contribution in [0.1, 0.15) is 11.3 Å². The smallest absolute Gasteiger partial charge is 0.272 e. The number of rotatable bonds is 4. The monoisotopic (exact) mass is 293 g/mol. The third kappa shape index (κ3) is 2.57. The van der Waals surface area contributed by atoms with Gasteiger partial charge in [0.15, 0.2) is 5.82 Å². The molecule has 0 aromatic carbocycles. The van der Waals surface area contributed by atoms with Crippen molar-refractivity contribution in [2.45, 2.75) is 10.6 Å². The van der Waals surface area contributed by atoms with Gasteiger partial charge in [-0.15, -0.1) is 11.3 Å². The number of nitrogens with zero attached hydrogens (tertiary/aromatic N) is 3. The van der Waals surface area contributed by atoms with Crippen LogP contribution in [0, 0.1) is 22.7 Å². The van der Waals surface area contributed by atoms with E-state index in [-0.39, 0.29) is 27.7 Å². The predicted octanol–water partition coefficient (Wildman–Crippen LogP) is 1.21. The zero-order valence-electron chi connectivity index (χ0n) is 9.41. The number of aromatic nitrogens is 2. The first-order valence-electron chi connectivity index (χ1n) is 4.99. The minimum atomic E-state index is -3.75. The lowest BCUT2D eigenvalue weighted by atomic mass is 10.2. The van der Waals surface area contributed by atoms with Gasteiger partial charge >= 0.3 is 0 Å². The van der Waals surface area contributed by atoms with Gasteiger partial charge in [-0.2, -0.15) is 15.6 Å². The molecule has 0 aliphatic rings. The summed E-state index contributed by atoms with van der Waals surface area (Å²) in [6.45, 7) is 0. The molecule has 2 N–H and O–H groups in total. The van der Waals surface area contributed by atoms with Crippen molar-refractivity contribution in [3.63, 3.8) is 0 Å². The Labute approximate surface area is 113 Å². The lowest BCUT2D eigenvalue weighted by Gasteiger charge is -2.02. The first-order valence-corrected chi connectivity index (χ1v) is 7.35. The number of anilines is 1. The van der Waals surface area contributed by atoms with Crippen molar-refractivity contribution in [3.8, 4) is 12.1 Å². The van der Waals surface area contributed by atoms with Gasteiger partial charge < -0.3 is 0 Å². The molecule has 0 bridgehead atoms. The Balaban J connectivity index is 2.36. The summed E-state index contributed by atoms with van der Waals surface area (Å²) in [5.74, 6) is -0.0962. The van der Waals surface area contributed by atoms with E-state index in [9.17, 15) is 8.42 Å². The lowest BCUT2D eigenvalue weighted by molar-refractivity contribution is 0.603. The molecule has 0 radical (unpaired) electrons. The van der Waals surface area contributed by atoms with Gasteiger partial charge in [0.2, 0.25) is 0 Å². The van der Waals surface area contributed by atoms with E-state index >= 15 is 0 Å². The van der Waals surface area contributed by atoms with E-state index in [0.29, 0.717) is 0 Å². The fraction of sp³-hybridized carbons (Fsp3) is 0.100. The van der Waals surface area contributed by atoms with Crippen LogP contribution >= 0.6 is 11.3 Å². The Morgan fingerprint density at radius 1 is 1.47 bits per heavy atom. The van der Waals surface area contributed by atoms with E-state index < -0.39 is 10.0 Å². The number of nitrogens with one attached hydrogen (secondary N) is 2. The lowest BCUT2D eigenvalue weighted by Crippen LogP contribution is -2.12. The summed E-state index contributed by atoms with van der Waals surface area (Å²) in [5, 5.41) is 25.4. The van der Waals surface area contributed by atoms with E-state index in [2.05, 4.69) is 14.9 Å². The molecule has 0 saturated carbocycles. The molecule has 2 aromatic heterocycles. The van der Waals surface area contributed by atoms with Gasteiger partial charge in [-0.3, -0.25) is 9.82 Å². The van der Waals surface area contributed by atoms with Crippen molar-refractivity contribution >= 4 is 27.2 Å². The SMILES string of the molecule is N#CCc1[nH]nc(NS(=O)(=O)c2cccs2)c1C#N. The Kier molecular flexibility index (Phi) is 3.51. The molecular weight excluding hydrogens is 286 g/mol. The van der Waals surface area contributed by atoms with Gasteiger partial charge in [0.05, 0.1) is 18.2 Å². The molecule has 0 unspecified atom stereocenters. The van der Waals surface area contributed by atoms with Crippen LogP contribution in [0.4, 0.5) is 5.82 Å². The summed E-state index contributed by atoms with van der Waals surface area (Å²) in [6.07, 6.45) is -0.0450. The zero-order chi connectivity index (χ0) is 13.9. The van der Waals surface area contributed by atoms with Crippen LogP contribution in [-0.2, 0) is 16.4 Å². The molecular formula is C10H7N5O2S2. The average molecular weight is 293 g/mol. The fourth-order valence-corrected chi connectivity index (χ4v) is 3.38. The molecule has 0 atom stereocenters. The average Bonchev–Trinajstić information content (AvgIpc) is 2.99. The second kappa shape index (κ2) is 5.10. The Hall–Kier alpha value is -2.36. The van der Waals surface area contributed by atoms with Crippen LogP contribution < -0.4 is 4.72 Å². The minimum Gasteiger partial charge on any atom is -0.278 e. The van der Waals surface area contributed by atoms with Gasteiger partial charge in [0.1, 0.15) is 15.8 Å². The molecule has 96 valence electrons. The van der Waals surface area contributed by atoms with Crippen LogP contribution in [-0.4, -0.2) is 18.6 Å². The largest absolute Gasteiger partial charge is 0.278 e. The predicted molar refractivity (Wildman–Crippen MR) is 67.7 cm³/mol. The van der Waals surface area contributed by atoms with E-state index in [4.69, 9.17) is 10.5 Å². The number of H-pyrrole nitrogens is 1. The molecule has 2 aromatic rings. The maximum atomic E-state index is 12.0. The van der Waals surface area contributed by atoms with Crippen molar-refractivity contribution in [1.29, 1.82) is 10.5 Å². The van der Waals surface area contributed by atoms with Gasteiger partial charge in [0.25, 0.3) is 10.0 Å². The first-order chi connectivity index (χ1) is 9.08. The minimum absolute atomic E-state index is 0.0293. The number of hydrogen-bond acceptors (Lipinski definition) is 6. The second-order valence-corrected chi connectivity index (χ2v) is 6.27. The maximum Gasteiger partial charge on any atom is 0.272 e. The quantitative estimate of drug-likeness (QED) is 0.877. The summed E-state index contributed by atoms with van der Waals surface area (Å²) in [5.41, 5.74) is 0.315. The molecule has 0 aliphatic carbocycles. The number of nitriles is 2. The molecule has 2 heterocycles. The first kappa shape index (κ1) is 13.1. The van der Waals surface area contributed by atoms with Crippen LogP contribution in [0.15, 0.2) is 21.7 Å². The van der Waals surface area contributed by atoms with E-state index in [1.54, 1.807) is 11.4 Å². The summed E-state index contributed by atoms with van der Waals surface area (Å²) < 4.78 is 26.3. The van der Waals surface area contributed by atoms with Gasteiger partial charge in [-0.05, 0) is 11.4 Å². The topological polar surface area (TPSA) is 122 Å². The van der Waals surface area contributed by atoms with Crippen molar-refractivity contribution in [1.82, 2.24) is 10.2 Å². The molecule has 0 saturated heterocycles. The number of thiophene rings is 1. The summed E-state index contributed by atoms with van der Waals surface area (Å²) in [7, 11) is -3.75. The van der Waals surface area contributed by atoms with Crippen molar-refractivity contribution in [3.05, 3.63) is 28.8 Å². The van der Waals surface area contributed by atoms with Crippen molar-refractivity contribution < 1.29 is 8.42 Å². The highest BCUT2D eigenvalue weighted by Crippen LogP contribution is 2.22. The molecule has 0 spiro atoms. The molecule has 2 rings (SSSR count). The molecule has 19 heavy (non-hydrogen) atoms. The third-order valence-electron chi connectivity index (χ3n) is 2.20. The van der Waals surface area contributed by atoms with Crippen LogP contribution in [0.5, 0.6) is 0 Å². The van der Waals surface area contributed by atoms with Gasteiger partial charge in [0, 0.05) is 0 Å². The number of sulfonamides is 1. The number of hydrogen-bond donors (Lipinski definition) is 2. The Morgan fingerprint density at radius 3 is 2.84 bits per heavy atom. The second-order valence-electron chi connectivity index (χ2n) is 3.41. The van der Waals surface area contributed by atoms with Crippen LogP contribution in [0.2, 0.25) is 0 Å². The van der Waals surface area contributed by atoms with E-state index in [0.717, 1.165) is 11.3 Å². The van der Waals surface area contributed by atoms with Crippen LogP contribution in [0.3, 0.4) is 0 Å². The van der Waals surface area contributed by atoms with Crippen molar-refractivity contribution in [2.75, 3.05) is 4.72 Å². The Bertz CT molecular complexity index is 762. The summed E-state index contributed by atoms with van der Waals surface area (Å²) in [6, 6.07) is 6.75. The van der Waals surface area contributed by atoms with Gasteiger partial charge in [-0.25, -0.2) is 8.42 Å². The molecule has 0 amide bonds. The van der Waals surface area contributed by atoms with E-state index in [1.165, 1.54) is 6.07 Å². The number of aromatic amines is 1. The highest BCUT2D eigenvalue weighted by atomic mass is 32.2. The third-order valence-corrected chi connectivity index (χ3v) is 4.94. The maximum absolute atomic E-state index is 12.0. The normalized spacial score (nSPS) is 10.6. The van der Waals surface area contributed by atoms with Gasteiger partial charge in [-0.1, -0.05) is 6.07 Å². The zero-order valence-corrected chi connectivity index (χ0v) is 11.0. The molecule has 0 aliphatic heterocycles. The summed E-state index contributed by atoms with van der Waals surface area (Å²) in [4.78, 5) is 0. The fourth-order valence-electron chi connectivity index (χ4n) is 1.37. The van der Waals surface area contributed by atoms with Crippen LogP contribution in [0.25, 0.3) is 0 Å².